The van der Waals surface area contributed by atoms with E-state index in [9.17, 15) is 8.42 Å². The topological polar surface area (TPSA) is 108 Å². The van der Waals surface area contributed by atoms with E-state index in [4.69, 9.17) is 14.0 Å². The largest absolute Gasteiger partial charge is 0.497 e. The van der Waals surface area contributed by atoms with Crippen molar-refractivity contribution in [3.8, 4) is 17.2 Å². The van der Waals surface area contributed by atoms with E-state index in [1.165, 1.54) is 4.31 Å². The summed E-state index contributed by atoms with van der Waals surface area (Å²) in [6, 6.07) is 9.95. The zero-order valence-corrected chi connectivity index (χ0v) is 17.3. The van der Waals surface area contributed by atoms with Crippen LogP contribution in [0.2, 0.25) is 0 Å². The third kappa shape index (κ3) is 4.50. The monoisotopic (exact) mass is 430 g/mol. The minimum absolute atomic E-state index is 0.148. The Hall–Kier alpha value is -2.82. The zero-order valence-electron chi connectivity index (χ0n) is 16.5. The maximum atomic E-state index is 13.0. The first-order valence-corrected chi connectivity index (χ1v) is 11.0. The second kappa shape index (κ2) is 8.90. The number of ether oxygens (including phenoxy) is 2. The first-order valence-electron chi connectivity index (χ1n) is 9.55. The predicted octanol–water partition coefficient (Wildman–Crippen LogP) is 2.51. The second-order valence-electron chi connectivity index (χ2n) is 6.87. The Morgan fingerprint density at radius 1 is 1.17 bits per heavy atom. The average Bonchev–Trinajstić information content (AvgIpc) is 3.28. The van der Waals surface area contributed by atoms with E-state index >= 15 is 0 Å². The van der Waals surface area contributed by atoms with Crippen LogP contribution < -0.4 is 4.74 Å². The molecule has 4 rings (SSSR count). The highest BCUT2D eigenvalue weighted by atomic mass is 32.2. The molecule has 0 bridgehead atoms. The molecule has 3 heterocycles. The number of hydrogen-bond donors (Lipinski definition) is 0. The molecule has 1 unspecified atom stereocenters. The quantitative estimate of drug-likeness (QED) is 0.563. The van der Waals surface area contributed by atoms with Gasteiger partial charge in [-0.2, -0.15) is 9.29 Å². The highest BCUT2D eigenvalue weighted by Gasteiger charge is 2.31. The predicted molar refractivity (Wildman–Crippen MR) is 107 cm³/mol. The number of sulfonamides is 1. The Kier molecular flexibility index (Phi) is 6.07. The smallest absolute Gasteiger partial charge is 0.258 e. The van der Waals surface area contributed by atoms with Crippen molar-refractivity contribution in [1.82, 2.24) is 19.4 Å². The molecule has 158 valence electrons. The first kappa shape index (κ1) is 20.5. The summed E-state index contributed by atoms with van der Waals surface area (Å²) in [5.74, 6) is 1.42. The number of rotatable bonds is 7. The third-order valence-electron chi connectivity index (χ3n) is 4.88. The summed E-state index contributed by atoms with van der Waals surface area (Å²) < 4.78 is 43.6. The summed E-state index contributed by atoms with van der Waals surface area (Å²) in [5.41, 5.74) is 0.776. The van der Waals surface area contributed by atoms with E-state index in [0.717, 1.165) is 12.0 Å². The molecule has 10 heteroatoms. The normalized spacial score (nSPS) is 17.7. The van der Waals surface area contributed by atoms with Gasteiger partial charge >= 0.3 is 0 Å². The summed E-state index contributed by atoms with van der Waals surface area (Å²) >= 11 is 0. The van der Waals surface area contributed by atoms with Gasteiger partial charge in [0.05, 0.1) is 18.1 Å². The van der Waals surface area contributed by atoms with Gasteiger partial charge < -0.3 is 14.0 Å². The average molecular weight is 430 g/mol. The molecule has 0 radical (unpaired) electrons. The molecule has 1 aliphatic rings. The fraction of sp³-hybridized carbons (Fsp3) is 0.350. The van der Waals surface area contributed by atoms with Gasteiger partial charge in [0.25, 0.3) is 5.89 Å². The number of nitrogens with zero attached hydrogens (tertiary/aromatic N) is 4. The van der Waals surface area contributed by atoms with Crippen molar-refractivity contribution in [1.29, 1.82) is 0 Å². The van der Waals surface area contributed by atoms with Gasteiger partial charge in [0, 0.05) is 31.0 Å². The van der Waals surface area contributed by atoms with Crippen LogP contribution in [0.5, 0.6) is 5.75 Å². The van der Waals surface area contributed by atoms with Crippen LogP contribution in [-0.4, -0.2) is 54.2 Å². The number of benzene rings is 1. The molecular formula is C20H22N4O5S. The maximum absolute atomic E-state index is 13.0. The molecule has 1 aromatic carbocycles. The van der Waals surface area contributed by atoms with E-state index in [1.807, 2.05) is 0 Å². The van der Waals surface area contributed by atoms with Gasteiger partial charge in [-0.25, -0.2) is 8.42 Å². The number of methoxy groups -OCH3 is 1. The second-order valence-corrected chi connectivity index (χ2v) is 8.80. The minimum Gasteiger partial charge on any atom is -0.497 e. The molecule has 1 saturated heterocycles. The Bertz CT molecular complexity index is 1070. The van der Waals surface area contributed by atoms with Crippen LogP contribution in [0.25, 0.3) is 11.5 Å². The molecule has 9 nitrogen and oxygen atoms in total. The van der Waals surface area contributed by atoms with Crippen molar-refractivity contribution in [3.63, 3.8) is 0 Å². The zero-order chi connectivity index (χ0) is 21.0. The number of piperidine rings is 1. The highest BCUT2D eigenvalue weighted by Crippen LogP contribution is 2.24. The van der Waals surface area contributed by atoms with E-state index in [0.29, 0.717) is 30.4 Å². The van der Waals surface area contributed by atoms with Gasteiger partial charge in [-0.15, -0.1) is 0 Å². The summed E-state index contributed by atoms with van der Waals surface area (Å²) in [7, 11) is -2.05. The molecule has 1 atom stereocenters. The standard InChI is InChI=1S/C20H22N4O5S/c1-27-16-4-6-18(7-5-16)30(25,26)24-12-2-3-17(13-24)28-14-19-22-20(29-23-19)15-8-10-21-11-9-15/h4-11,17H,2-3,12-14H2,1H3. The molecular weight excluding hydrogens is 408 g/mol. The van der Waals surface area contributed by atoms with Gasteiger partial charge in [0.1, 0.15) is 12.4 Å². The summed E-state index contributed by atoms with van der Waals surface area (Å²) in [6.45, 7) is 0.891. The Morgan fingerprint density at radius 3 is 2.67 bits per heavy atom. The van der Waals surface area contributed by atoms with Crippen molar-refractivity contribution < 1.29 is 22.4 Å². The van der Waals surface area contributed by atoms with E-state index in [1.54, 1.807) is 55.9 Å². The number of hydrogen-bond acceptors (Lipinski definition) is 8. The molecule has 3 aromatic rings. The lowest BCUT2D eigenvalue weighted by molar-refractivity contribution is 0.00438. The van der Waals surface area contributed by atoms with Gasteiger partial charge in [-0.1, -0.05) is 5.16 Å². The summed E-state index contributed by atoms with van der Waals surface area (Å²) in [6.07, 6.45) is 4.54. The van der Waals surface area contributed by atoms with Gasteiger partial charge in [-0.05, 0) is 49.2 Å². The fourth-order valence-electron chi connectivity index (χ4n) is 3.27. The Balaban J connectivity index is 1.38. The van der Waals surface area contributed by atoms with Crippen LogP contribution in [0.3, 0.4) is 0 Å². The minimum atomic E-state index is -3.59. The van der Waals surface area contributed by atoms with Crippen LogP contribution >= 0.6 is 0 Å². The molecule has 0 amide bonds. The molecule has 1 fully saturated rings. The van der Waals surface area contributed by atoms with Crippen molar-refractivity contribution in [2.75, 3.05) is 20.2 Å². The van der Waals surface area contributed by atoms with E-state index in [-0.39, 0.29) is 24.2 Å². The molecule has 0 N–H and O–H groups in total. The van der Waals surface area contributed by atoms with Crippen molar-refractivity contribution >= 4 is 10.0 Å². The lowest BCUT2D eigenvalue weighted by Gasteiger charge is -2.31. The van der Waals surface area contributed by atoms with Gasteiger partial charge in [0.15, 0.2) is 5.82 Å². The van der Waals surface area contributed by atoms with Gasteiger partial charge in [-0.3, -0.25) is 4.98 Å². The lowest BCUT2D eigenvalue weighted by atomic mass is 10.1. The molecule has 30 heavy (non-hydrogen) atoms. The van der Waals surface area contributed by atoms with Crippen LogP contribution in [0, 0.1) is 0 Å². The van der Waals surface area contributed by atoms with E-state index in [2.05, 4.69) is 15.1 Å². The number of pyridine rings is 1. The first-order chi connectivity index (χ1) is 14.6. The molecule has 0 spiro atoms. The third-order valence-corrected chi connectivity index (χ3v) is 6.76. The summed E-state index contributed by atoms with van der Waals surface area (Å²) in [5, 5.41) is 3.93. The summed E-state index contributed by atoms with van der Waals surface area (Å²) in [4.78, 5) is 8.52. The molecule has 1 aliphatic heterocycles. The molecule has 0 saturated carbocycles. The molecule has 2 aromatic heterocycles. The van der Waals surface area contributed by atoms with Crippen molar-refractivity contribution in [2.45, 2.75) is 30.4 Å². The number of aromatic nitrogens is 3. The maximum Gasteiger partial charge on any atom is 0.258 e. The van der Waals surface area contributed by atoms with Crippen LogP contribution in [0.15, 0.2) is 58.2 Å². The molecule has 0 aliphatic carbocycles. The van der Waals surface area contributed by atoms with Gasteiger partial charge in [0.2, 0.25) is 10.0 Å². The van der Waals surface area contributed by atoms with Crippen LogP contribution in [-0.2, 0) is 21.4 Å². The highest BCUT2D eigenvalue weighted by molar-refractivity contribution is 7.89. The van der Waals surface area contributed by atoms with Crippen LogP contribution in [0.1, 0.15) is 18.7 Å². The Morgan fingerprint density at radius 2 is 1.93 bits per heavy atom. The van der Waals surface area contributed by atoms with Crippen LogP contribution in [0.4, 0.5) is 0 Å². The van der Waals surface area contributed by atoms with E-state index < -0.39 is 10.0 Å². The van der Waals surface area contributed by atoms with Crippen molar-refractivity contribution in [3.05, 3.63) is 54.6 Å². The SMILES string of the molecule is COc1ccc(S(=O)(=O)N2CCCC(OCc3noc(-c4ccncc4)n3)C2)cc1. The fourth-order valence-corrected chi connectivity index (χ4v) is 4.78. The lowest BCUT2D eigenvalue weighted by Crippen LogP contribution is -2.43. The van der Waals surface area contributed by atoms with Crippen molar-refractivity contribution in [2.24, 2.45) is 0 Å². The Labute approximate surface area is 174 Å².